The van der Waals surface area contributed by atoms with Gasteiger partial charge in [-0.25, -0.2) is 8.42 Å². The lowest BCUT2D eigenvalue weighted by atomic mass is 9.97. The van der Waals surface area contributed by atoms with Gasteiger partial charge in [-0.05, 0) is 48.9 Å². The first-order chi connectivity index (χ1) is 15.3. The molecule has 0 spiro atoms. The quantitative estimate of drug-likeness (QED) is 0.659. The fraction of sp³-hybridized carbons (Fsp3) is 0.417. The maximum absolute atomic E-state index is 12.8. The molecule has 0 radical (unpaired) electrons. The van der Waals surface area contributed by atoms with E-state index in [-0.39, 0.29) is 17.7 Å². The van der Waals surface area contributed by atoms with Crippen molar-refractivity contribution in [3.05, 3.63) is 60.2 Å². The lowest BCUT2D eigenvalue weighted by Gasteiger charge is -2.31. The van der Waals surface area contributed by atoms with Crippen LogP contribution in [0.3, 0.4) is 0 Å². The van der Waals surface area contributed by atoms with Crippen LogP contribution in [0.25, 0.3) is 0 Å². The molecule has 0 bridgehead atoms. The topological polar surface area (TPSA) is 99.5 Å². The normalized spacial score (nSPS) is 16.3. The average molecular weight is 456 g/mol. The summed E-state index contributed by atoms with van der Waals surface area (Å²) in [5.74, 6) is 0.273. The molecular weight excluding hydrogens is 426 g/mol. The summed E-state index contributed by atoms with van der Waals surface area (Å²) in [6, 6.07) is 17.4. The molecule has 0 saturated carbocycles. The number of benzene rings is 2. The third kappa shape index (κ3) is 5.67. The number of hydrogen-bond acceptors (Lipinski definition) is 5. The Balaban J connectivity index is 1.54. The molecule has 170 valence electrons. The Morgan fingerprint density at radius 3 is 2.38 bits per heavy atom. The predicted octanol–water partition coefficient (Wildman–Crippen LogP) is 3.18. The van der Waals surface area contributed by atoms with Gasteiger partial charge in [0.1, 0.15) is 11.8 Å². The SMILES string of the molecule is CC(C)C(Oc1ccccc1C#N)C(=O)NCC1CCN(S(=O)(=O)c2ccccc2)CC1. The monoisotopic (exact) mass is 455 g/mol. The number of piperidine rings is 1. The summed E-state index contributed by atoms with van der Waals surface area (Å²) in [5, 5.41) is 12.2. The lowest BCUT2D eigenvalue weighted by Crippen LogP contribution is -2.45. The zero-order valence-electron chi connectivity index (χ0n) is 18.4. The third-order valence-corrected chi connectivity index (χ3v) is 7.56. The Morgan fingerprint density at radius 2 is 1.75 bits per heavy atom. The predicted molar refractivity (Wildman–Crippen MR) is 121 cm³/mol. The van der Waals surface area contributed by atoms with E-state index in [0.29, 0.717) is 48.7 Å². The van der Waals surface area contributed by atoms with E-state index in [9.17, 15) is 18.5 Å². The molecule has 32 heavy (non-hydrogen) atoms. The molecule has 1 N–H and O–H groups in total. The molecule has 1 fully saturated rings. The molecule has 1 heterocycles. The van der Waals surface area contributed by atoms with Gasteiger partial charge in [-0.2, -0.15) is 9.57 Å². The van der Waals surface area contributed by atoms with Crippen LogP contribution in [-0.2, 0) is 14.8 Å². The molecule has 8 heteroatoms. The van der Waals surface area contributed by atoms with E-state index in [4.69, 9.17) is 4.74 Å². The van der Waals surface area contributed by atoms with Crippen molar-refractivity contribution in [3.8, 4) is 11.8 Å². The summed E-state index contributed by atoms with van der Waals surface area (Å²) in [6.45, 7) is 5.11. The van der Waals surface area contributed by atoms with Gasteiger partial charge in [-0.1, -0.05) is 44.2 Å². The maximum Gasteiger partial charge on any atom is 0.261 e. The number of carbonyl (C=O) groups excluding carboxylic acids is 1. The van der Waals surface area contributed by atoms with Gasteiger partial charge in [0.25, 0.3) is 5.91 Å². The molecule has 0 aliphatic carbocycles. The number of nitriles is 1. The highest BCUT2D eigenvalue weighted by atomic mass is 32.2. The van der Waals surface area contributed by atoms with Crippen LogP contribution in [0.4, 0.5) is 0 Å². The van der Waals surface area contributed by atoms with Crippen molar-refractivity contribution in [2.75, 3.05) is 19.6 Å². The highest BCUT2D eigenvalue weighted by Crippen LogP contribution is 2.24. The van der Waals surface area contributed by atoms with Gasteiger partial charge >= 0.3 is 0 Å². The van der Waals surface area contributed by atoms with Gasteiger partial charge in [0, 0.05) is 19.6 Å². The second kappa shape index (κ2) is 10.6. The second-order valence-corrected chi connectivity index (χ2v) is 10.2. The van der Waals surface area contributed by atoms with E-state index >= 15 is 0 Å². The number of carbonyl (C=O) groups is 1. The van der Waals surface area contributed by atoms with Crippen LogP contribution in [0, 0.1) is 23.2 Å². The zero-order valence-corrected chi connectivity index (χ0v) is 19.2. The van der Waals surface area contributed by atoms with Crippen LogP contribution in [0.5, 0.6) is 5.75 Å². The minimum absolute atomic E-state index is 0.0837. The van der Waals surface area contributed by atoms with Crippen molar-refractivity contribution in [1.29, 1.82) is 5.26 Å². The van der Waals surface area contributed by atoms with Crippen LogP contribution in [-0.4, -0.2) is 44.4 Å². The Morgan fingerprint density at radius 1 is 1.12 bits per heavy atom. The van der Waals surface area contributed by atoms with Crippen LogP contribution in [0.1, 0.15) is 32.3 Å². The first kappa shape index (κ1) is 23.8. The molecule has 1 aliphatic rings. The van der Waals surface area contributed by atoms with Gasteiger partial charge < -0.3 is 10.1 Å². The molecular formula is C24H29N3O4S. The standard InChI is InChI=1S/C24H29N3O4S/c1-18(2)23(31-22-11-7-6-8-20(22)16-25)24(28)26-17-19-12-14-27(15-13-19)32(29,30)21-9-4-3-5-10-21/h3-11,18-19,23H,12-15,17H2,1-2H3,(H,26,28). The molecule has 0 aromatic heterocycles. The number of ether oxygens (including phenoxy) is 1. The number of nitrogens with one attached hydrogen (secondary N) is 1. The summed E-state index contributed by atoms with van der Waals surface area (Å²) < 4.78 is 32.9. The van der Waals surface area contributed by atoms with E-state index < -0.39 is 16.1 Å². The summed E-state index contributed by atoms with van der Waals surface area (Å²) in [4.78, 5) is 13.1. The van der Waals surface area contributed by atoms with Crippen molar-refractivity contribution in [2.45, 2.75) is 37.7 Å². The number of hydrogen-bond donors (Lipinski definition) is 1. The van der Waals surface area contributed by atoms with Gasteiger partial charge in [-0.3, -0.25) is 4.79 Å². The highest BCUT2D eigenvalue weighted by molar-refractivity contribution is 7.89. The Hall–Kier alpha value is -2.89. The first-order valence-corrected chi connectivity index (χ1v) is 12.3. The Kier molecular flexibility index (Phi) is 7.89. The van der Waals surface area contributed by atoms with Crippen molar-refractivity contribution < 1.29 is 17.9 Å². The van der Waals surface area contributed by atoms with Gasteiger partial charge in [-0.15, -0.1) is 0 Å². The minimum atomic E-state index is -3.48. The number of amides is 1. The number of para-hydroxylation sites is 1. The molecule has 1 atom stereocenters. The summed E-state index contributed by atoms with van der Waals surface area (Å²) in [5.41, 5.74) is 0.387. The number of rotatable bonds is 8. The first-order valence-electron chi connectivity index (χ1n) is 10.8. The second-order valence-electron chi connectivity index (χ2n) is 8.30. The van der Waals surface area contributed by atoms with Crippen LogP contribution < -0.4 is 10.1 Å². The van der Waals surface area contributed by atoms with Crippen LogP contribution in [0.2, 0.25) is 0 Å². The highest BCUT2D eigenvalue weighted by Gasteiger charge is 2.30. The van der Waals surface area contributed by atoms with E-state index in [2.05, 4.69) is 11.4 Å². The fourth-order valence-corrected chi connectivity index (χ4v) is 5.22. The third-order valence-electron chi connectivity index (χ3n) is 5.64. The summed E-state index contributed by atoms with van der Waals surface area (Å²) in [6.07, 6.45) is 0.635. The van der Waals surface area contributed by atoms with Gasteiger partial charge in [0.2, 0.25) is 10.0 Å². The Labute approximate surface area is 190 Å². The largest absolute Gasteiger partial charge is 0.479 e. The number of nitrogens with zero attached hydrogens (tertiary/aromatic N) is 2. The van der Waals surface area contributed by atoms with E-state index in [1.54, 1.807) is 54.6 Å². The summed E-state index contributed by atoms with van der Waals surface area (Å²) in [7, 11) is -3.48. The fourth-order valence-electron chi connectivity index (χ4n) is 3.73. The number of sulfonamides is 1. The van der Waals surface area contributed by atoms with Crippen LogP contribution >= 0.6 is 0 Å². The van der Waals surface area contributed by atoms with Gasteiger partial charge in [0.15, 0.2) is 6.10 Å². The maximum atomic E-state index is 12.8. The molecule has 2 aromatic carbocycles. The molecule has 1 unspecified atom stereocenters. The zero-order chi connectivity index (χ0) is 23.1. The minimum Gasteiger partial charge on any atom is -0.479 e. The molecule has 1 aliphatic heterocycles. The molecule has 7 nitrogen and oxygen atoms in total. The van der Waals surface area contributed by atoms with E-state index in [1.807, 2.05) is 13.8 Å². The molecule has 3 rings (SSSR count). The molecule has 1 amide bonds. The smallest absolute Gasteiger partial charge is 0.261 e. The molecule has 1 saturated heterocycles. The van der Waals surface area contributed by atoms with E-state index in [1.165, 1.54) is 4.31 Å². The van der Waals surface area contributed by atoms with Crippen LogP contribution in [0.15, 0.2) is 59.5 Å². The van der Waals surface area contributed by atoms with Crippen molar-refractivity contribution in [1.82, 2.24) is 9.62 Å². The van der Waals surface area contributed by atoms with Gasteiger partial charge in [0.05, 0.1) is 10.5 Å². The lowest BCUT2D eigenvalue weighted by molar-refractivity contribution is -0.130. The van der Waals surface area contributed by atoms with E-state index in [0.717, 1.165) is 0 Å². The van der Waals surface area contributed by atoms with Crippen molar-refractivity contribution in [2.24, 2.45) is 11.8 Å². The Bertz CT molecular complexity index is 1060. The van der Waals surface area contributed by atoms with Crippen molar-refractivity contribution in [3.63, 3.8) is 0 Å². The van der Waals surface area contributed by atoms with Crippen molar-refractivity contribution >= 4 is 15.9 Å². The molecule has 2 aromatic rings. The average Bonchev–Trinajstić information content (AvgIpc) is 2.81. The summed E-state index contributed by atoms with van der Waals surface area (Å²) >= 11 is 0.